The summed E-state index contributed by atoms with van der Waals surface area (Å²) in [5.74, 6) is 1.11. The number of para-hydroxylation sites is 2. The van der Waals surface area contributed by atoms with Crippen LogP contribution in [0.5, 0.6) is 0 Å². The van der Waals surface area contributed by atoms with Gasteiger partial charge in [-0.1, -0.05) is 19.1 Å². The molecule has 0 saturated heterocycles. The quantitative estimate of drug-likeness (QED) is 0.733. The molecule has 0 amide bonds. The second-order valence-corrected chi connectivity index (χ2v) is 3.78. The molecule has 0 aliphatic carbocycles. The van der Waals surface area contributed by atoms with Crippen LogP contribution >= 0.6 is 0 Å². The lowest BCUT2D eigenvalue weighted by molar-refractivity contribution is 0.638. The fraction of sp³-hybridized carbons (Fsp3) is 0.385. The molecule has 1 aromatic heterocycles. The summed E-state index contributed by atoms with van der Waals surface area (Å²) in [5.41, 5.74) is 2.23. The van der Waals surface area contributed by atoms with Crippen LogP contribution in [0.25, 0.3) is 11.0 Å². The zero-order valence-corrected chi connectivity index (χ0v) is 9.48. The Kier molecular flexibility index (Phi) is 3.21. The number of rotatable bonds is 4. The maximum Gasteiger partial charge on any atom is 0.109 e. The molecule has 82 valence electrons. The van der Waals surface area contributed by atoms with Crippen molar-refractivity contribution in [2.75, 3.05) is 0 Å². The number of aryl methyl sites for hydroxylation is 2. The maximum atomic E-state index is 8.56. The fourth-order valence-corrected chi connectivity index (χ4v) is 1.96. The topological polar surface area (TPSA) is 41.6 Å². The van der Waals surface area contributed by atoms with E-state index in [9.17, 15) is 0 Å². The van der Waals surface area contributed by atoms with E-state index in [-0.39, 0.29) is 0 Å². The monoisotopic (exact) mass is 213 g/mol. The minimum atomic E-state index is 0.607. The Morgan fingerprint density at radius 2 is 2.19 bits per heavy atom. The molecule has 0 aliphatic rings. The number of imidazole rings is 1. The smallest absolute Gasteiger partial charge is 0.109 e. The lowest BCUT2D eigenvalue weighted by Crippen LogP contribution is -2.02. The lowest BCUT2D eigenvalue weighted by atomic mass is 10.3. The van der Waals surface area contributed by atoms with Gasteiger partial charge in [0.1, 0.15) is 5.82 Å². The largest absolute Gasteiger partial charge is 0.328 e. The number of benzene rings is 1. The van der Waals surface area contributed by atoms with Crippen molar-refractivity contribution in [3.63, 3.8) is 0 Å². The molecule has 0 saturated carbocycles. The first-order valence-corrected chi connectivity index (χ1v) is 5.68. The normalized spacial score (nSPS) is 10.5. The van der Waals surface area contributed by atoms with Crippen molar-refractivity contribution in [2.45, 2.75) is 32.7 Å². The van der Waals surface area contributed by atoms with Gasteiger partial charge in [-0.3, -0.25) is 0 Å². The summed E-state index contributed by atoms with van der Waals surface area (Å²) in [6, 6.07) is 10.4. The van der Waals surface area contributed by atoms with Crippen LogP contribution in [-0.2, 0) is 13.0 Å². The molecule has 0 radical (unpaired) electrons. The van der Waals surface area contributed by atoms with Gasteiger partial charge in [0.15, 0.2) is 0 Å². The zero-order chi connectivity index (χ0) is 11.4. The predicted octanol–water partition coefficient (Wildman–Crippen LogP) is 2.90. The van der Waals surface area contributed by atoms with Crippen molar-refractivity contribution in [1.29, 1.82) is 5.26 Å². The van der Waals surface area contributed by atoms with E-state index < -0.39 is 0 Å². The Morgan fingerprint density at radius 3 is 2.94 bits per heavy atom. The molecule has 2 aromatic rings. The third-order valence-electron chi connectivity index (χ3n) is 2.72. The molecule has 1 heterocycles. The van der Waals surface area contributed by atoms with Gasteiger partial charge in [-0.2, -0.15) is 5.26 Å². The molecule has 1 aromatic carbocycles. The molecule has 0 bridgehead atoms. The summed E-state index contributed by atoms with van der Waals surface area (Å²) in [6.07, 6.45) is 2.43. The number of nitriles is 1. The van der Waals surface area contributed by atoms with E-state index in [0.717, 1.165) is 30.7 Å². The van der Waals surface area contributed by atoms with Crippen molar-refractivity contribution in [3.8, 4) is 6.07 Å². The highest BCUT2D eigenvalue weighted by Gasteiger charge is 2.07. The molecular formula is C13H15N3. The zero-order valence-electron chi connectivity index (χ0n) is 9.48. The van der Waals surface area contributed by atoms with E-state index in [2.05, 4.69) is 28.6 Å². The Bertz CT molecular complexity index is 519. The molecule has 16 heavy (non-hydrogen) atoms. The summed E-state index contributed by atoms with van der Waals surface area (Å²) < 4.78 is 2.23. The van der Waals surface area contributed by atoms with Crippen LogP contribution in [-0.4, -0.2) is 9.55 Å². The average Bonchev–Trinajstić information content (AvgIpc) is 2.68. The van der Waals surface area contributed by atoms with Gasteiger partial charge in [-0.05, 0) is 18.6 Å². The van der Waals surface area contributed by atoms with Gasteiger partial charge in [0, 0.05) is 19.4 Å². The first kappa shape index (κ1) is 10.7. The van der Waals surface area contributed by atoms with Crippen LogP contribution < -0.4 is 0 Å². The van der Waals surface area contributed by atoms with Crippen molar-refractivity contribution in [1.82, 2.24) is 9.55 Å². The van der Waals surface area contributed by atoms with Crippen molar-refractivity contribution >= 4 is 11.0 Å². The van der Waals surface area contributed by atoms with Crippen LogP contribution in [0.3, 0.4) is 0 Å². The molecule has 0 fully saturated rings. The fourth-order valence-electron chi connectivity index (χ4n) is 1.96. The number of fused-ring (bicyclic) bond motifs is 1. The van der Waals surface area contributed by atoms with Crippen molar-refractivity contribution in [2.24, 2.45) is 0 Å². The number of aromatic nitrogens is 2. The molecule has 2 rings (SSSR count). The Balaban J connectivity index is 2.36. The van der Waals surface area contributed by atoms with Crippen LogP contribution in [0.15, 0.2) is 24.3 Å². The third kappa shape index (κ3) is 1.92. The number of hydrogen-bond donors (Lipinski definition) is 0. The first-order chi connectivity index (χ1) is 7.86. The second kappa shape index (κ2) is 4.80. The van der Waals surface area contributed by atoms with Gasteiger partial charge in [0.25, 0.3) is 0 Å². The highest BCUT2D eigenvalue weighted by Crippen LogP contribution is 2.17. The van der Waals surface area contributed by atoms with Crippen LogP contribution in [0.2, 0.25) is 0 Å². The van der Waals surface area contributed by atoms with Crippen LogP contribution in [0.1, 0.15) is 25.6 Å². The molecule has 3 heteroatoms. The summed E-state index contributed by atoms with van der Waals surface area (Å²) in [7, 11) is 0. The Hall–Kier alpha value is -1.82. The minimum absolute atomic E-state index is 0.607. The maximum absolute atomic E-state index is 8.56. The Labute approximate surface area is 95.3 Å². The van der Waals surface area contributed by atoms with Crippen LogP contribution in [0, 0.1) is 11.3 Å². The lowest BCUT2D eigenvalue weighted by Gasteiger charge is -2.05. The average molecular weight is 213 g/mol. The first-order valence-electron chi connectivity index (χ1n) is 5.68. The molecular weight excluding hydrogens is 198 g/mol. The van der Waals surface area contributed by atoms with E-state index in [4.69, 9.17) is 5.26 Å². The van der Waals surface area contributed by atoms with Crippen LogP contribution in [0.4, 0.5) is 0 Å². The minimum Gasteiger partial charge on any atom is -0.328 e. The van der Waals surface area contributed by atoms with E-state index in [1.807, 2.05) is 18.2 Å². The number of nitrogens with zero attached hydrogens (tertiary/aromatic N) is 3. The third-order valence-corrected chi connectivity index (χ3v) is 2.72. The number of unbranched alkanes of at least 4 members (excludes halogenated alkanes) is 1. The molecule has 0 N–H and O–H groups in total. The van der Waals surface area contributed by atoms with Crippen molar-refractivity contribution < 1.29 is 0 Å². The summed E-state index contributed by atoms with van der Waals surface area (Å²) in [4.78, 5) is 4.59. The summed E-state index contributed by atoms with van der Waals surface area (Å²) in [5, 5.41) is 8.56. The van der Waals surface area contributed by atoms with E-state index in [1.54, 1.807) is 0 Å². The molecule has 0 unspecified atom stereocenters. The molecule has 3 nitrogen and oxygen atoms in total. The van der Waals surface area contributed by atoms with Gasteiger partial charge in [-0.15, -0.1) is 0 Å². The van der Waals surface area contributed by atoms with Gasteiger partial charge >= 0.3 is 0 Å². The molecule has 0 aliphatic heterocycles. The standard InChI is InChI=1S/C13H15N3/c1-2-13-15-11-7-3-4-8-12(11)16(13)10-6-5-9-14/h3-4,7-8H,2,5-6,10H2,1H3. The summed E-state index contributed by atoms with van der Waals surface area (Å²) >= 11 is 0. The highest BCUT2D eigenvalue weighted by atomic mass is 15.1. The SMILES string of the molecule is CCc1nc2ccccc2n1CCCC#N. The van der Waals surface area contributed by atoms with E-state index >= 15 is 0 Å². The van der Waals surface area contributed by atoms with Crippen molar-refractivity contribution in [3.05, 3.63) is 30.1 Å². The van der Waals surface area contributed by atoms with Gasteiger partial charge < -0.3 is 4.57 Å². The highest BCUT2D eigenvalue weighted by molar-refractivity contribution is 5.75. The molecule has 0 atom stereocenters. The number of hydrogen-bond acceptors (Lipinski definition) is 2. The van der Waals surface area contributed by atoms with E-state index in [0.29, 0.717) is 6.42 Å². The molecule has 0 spiro atoms. The second-order valence-electron chi connectivity index (χ2n) is 3.78. The van der Waals surface area contributed by atoms with Gasteiger partial charge in [0.05, 0.1) is 17.1 Å². The van der Waals surface area contributed by atoms with Gasteiger partial charge in [-0.25, -0.2) is 4.98 Å². The van der Waals surface area contributed by atoms with E-state index in [1.165, 1.54) is 5.52 Å². The Morgan fingerprint density at radius 1 is 1.38 bits per heavy atom. The predicted molar refractivity (Wildman–Crippen MR) is 64.0 cm³/mol. The van der Waals surface area contributed by atoms with Gasteiger partial charge in [0.2, 0.25) is 0 Å². The summed E-state index contributed by atoms with van der Waals surface area (Å²) in [6.45, 7) is 3.00.